The summed E-state index contributed by atoms with van der Waals surface area (Å²) in [5.74, 6) is 1.60. The predicted octanol–water partition coefficient (Wildman–Crippen LogP) is 1.41. The molecule has 0 aliphatic carbocycles. The normalized spacial score (nSPS) is 19.0. The molecule has 1 aliphatic rings. The highest BCUT2D eigenvalue weighted by atomic mass is 16.5. The maximum absolute atomic E-state index is 5.44. The molecule has 5 nitrogen and oxygen atoms in total. The van der Waals surface area contributed by atoms with Gasteiger partial charge in [-0.25, -0.2) is 0 Å². The van der Waals surface area contributed by atoms with Crippen molar-refractivity contribution in [2.24, 2.45) is 0 Å². The number of hydrogen-bond donors (Lipinski definition) is 2. The number of morpholine rings is 1. The first-order chi connectivity index (χ1) is 9.24. The molecule has 0 saturated carbocycles. The van der Waals surface area contributed by atoms with Gasteiger partial charge in [0.05, 0.1) is 33.1 Å². The van der Waals surface area contributed by atoms with Gasteiger partial charge in [-0.3, -0.25) is 0 Å². The van der Waals surface area contributed by atoms with Crippen molar-refractivity contribution in [1.29, 1.82) is 0 Å². The molecule has 19 heavy (non-hydrogen) atoms. The maximum Gasteiger partial charge on any atom is 0.145 e. The van der Waals surface area contributed by atoms with E-state index in [0.29, 0.717) is 6.04 Å². The maximum atomic E-state index is 5.44. The van der Waals surface area contributed by atoms with Gasteiger partial charge in [-0.1, -0.05) is 0 Å². The molecule has 1 unspecified atom stereocenters. The number of methoxy groups -OCH3 is 2. The summed E-state index contributed by atoms with van der Waals surface area (Å²) in [5.41, 5.74) is 2.11. The number of rotatable bonds is 5. The van der Waals surface area contributed by atoms with Gasteiger partial charge in [-0.2, -0.15) is 0 Å². The van der Waals surface area contributed by atoms with Crippen LogP contribution >= 0.6 is 0 Å². The van der Waals surface area contributed by atoms with E-state index in [9.17, 15) is 0 Å². The molecule has 0 bridgehead atoms. The number of ether oxygens (including phenoxy) is 3. The Morgan fingerprint density at radius 2 is 2.21 bits per heavy atom. The lowest BCUT2D eigenvalue weighted by atomic mass is 10.1. The van der Waals surface area contributed by atoms with Crippen LogP contribution < -0.4 is 20.1 Å². The molecule has 1 aromatic carbocycles. The van der Waals surface area contributed by atoms with Gasteiger partial charge < -0.3 is 24.8 Å². The van der Waals surface area contributed by atoms with Crippen LogP contribution in [0.3, 0.4) is 0 Å². The lowest BCUT2D eigenvalue weighted by Crippen LogP contribution is -2.45. The number of aryl methyl sites for hydroxylation is 1. The Hall–Kier alpha value is -1.46. The van der Waals surface area contributed by atoms with E-state index < -0.39 is 0 Å². The highest BCUT2D eigenvalue weighted by Gasteiger charge is 2.15. The van der Waals surface area contributed by atoms with Gasteiger partial charge in [-0.15, -0.1) is 0 Å². The largest absolute Gasteiger partial charge is 0.497 e. The van der Waals surface area contributed by atoms with E-state index in [1.54, 1.807) is 14.2 Å². The van der Waals surface area contributed by atoms with Gasteiger partial charge >= 0.3 is 0 Å². The molecular formula is C14H22N2O3. The summed E-state index contributed by atoms with van der Waals surface area (Å²) < 4.78 is 16.1. The van der Waals surface area contributed by atoms with Crippen LogP contribution in [0.15, 0.2) is 12.1 Å². The molecule has 1 aliphatic heterocycles. The molecule has 1 aromatic rings. The van der Waals surface area contributed by atoms with Crippen LogP contribution in [0.2, 0.25) is 0 Å². The van der Waals surface area contributed by atoms with Crippen molar-refractivity contribution in [2.75, 3.05) is 45.8 Å². The zero-order valence-electron chi connectivity index (χ0n) is 11.8. The van der Waals surface area contributed by atoms with Crippen LogP contribution in [0.25, 0.3) is 0 Å². The van der Waals surface area contributed by atoms with E-state index >= 15 is 0 Å². The van der Waals surface area contributed by atoms with Crippen molar-refractivity contribution < 1.29 is 14.2 Å². The van der Waals surface area contributed by atoms with Crippen LogP contribution in [0.5, 0.6) is 11.5 Å². The molecule has 1 fully saturated rings. The topological polar surface area (TPSA) is 51.8 Å². The van der Waals surface area contributed by atoms with Gasteiger partial charge in [0.25, 0.3) is 0 Å². The fraction of sp³-hybridized carbons (Fsp3) is 0.571. The average molecular weight is 266 g/mol. The molecular weight excluding hydrogens is 244 g/mol. The molecule has 5 heteroatoms. The Labute approximate surface area is 114 Å². The van der Waals surface area contributed by atoms with Gasteiger partial charge in [0, 0.05) is 25.2 Å². The van der Waals surface area contributed by atoms with Crippen LogP contribution in [0.1, 0.15) is 5.56 Å². The van der Waals surface area contributed by atoms with E-state index in [-0.39, 0.29) is 0 Å². The van der Waals surface area contributed by atoms with Crippen molar-refractivity contribution in [1.82, 2.24) is 5.32 Å². The second-order valence-corrected chi connectivity index (χ2v) is 4.63. The van der Waals surface area contributed by atoms with Crippen molar-refractivity contribution in [3.8, 4) is 11.5 Å². The lowest BCUT2D eigenvalue weighted by Gasteiger charge is -2.25. The van der Waals surface area contributed by atoms with E-state index in [1.807, 2.05) is 19.1 Å². The first kappa shape index (κ1) is 14.0. The molecule has 1 saturated heterocycles. The van der Waals surface area contributed by atoms with E-state index in [4.69, 9.17) is 14.2 Å². The van der Waals surface area contributed by atoms with E-state index in [2.05, 4.69) is 10.6 Å². The minimum atomic E-state index is 0.333. The minimum absolute atomic E-state index is 0.333. The quantitative estimate of drug-likeness (QED) is 0.844. The number of nitrogens with one attached hydrogen (secondary N) is 2. The van der Waals surface area contributed by atoms with Crippen molar-refractivity contribution >= 4 is 5.69 Å². The molecule has 1 atom stereocenters. The van der Waals surface area contributed by atoms with Crippen LogP contribution in [-0.4, -0.2) is 46.6 Å². The summed E-state index contributed by atoms with van der Waals surface area (Å²) in [6.07, 6.45) is 0. The Morgan fingerprint density at radius 3 is 2.84 bits per heavy atom. The van der Waals surface area contributed by atoms with Gasteiger partial charge in [0.2, 0.25) is 0 Å². The highest BCUT2D eigenvalue weighted by molar-refractivity contribution is 5.64. The third-order valence-electron chi connectivity index (χ3n) is 3.25. The Kier molecular flexibility index (Phi) is 4.87. The third kappa shape index (κ3) is 3.52. The number of benzene rings is 1. The smallest absolute Gasteiger partial charge is 0.145 e. The molecule has 0 amide bonds. The molecule has 0 aromatic heterocycles. The summed E-state index contributed by atoms with van der Waals surface area (Å²) in [5, 5.41) is 6.85. The molecule has 1 heterocycles. The minimum Gasteiger partial charge on any atom is -0.497 e. The molecule has 0 radical (unpaired) electrons. The van der Waals surface area contributed by atoms with Gasteiger partial charge in [-0.05, 0) is 18.6 Å². The first-order valence-electron chi connectivity index (χ1n) is 6.52. The summed E-state index contributed by atoms with van der Waals surface area (Å²) in [4.78, 5) is 0. The Balaban J connectivity index is 2.05. The van der Waals surface area contributed by atoms with Crippen molar-refractivity contribution in [3.05, 3.63) is 17.7 Å². The fourth-order valence-corrected chi connectivity index (χ4v) is 2.20. The standard InChI is InChI=1S/C14H22N2O3/c1-10-6-12(17-2)7-13(18-3)14(10)16-8-11-9-19-5-4-15-11/h6-7,11,15-16H,4-5,8-9H2,1-3H3. The number of hydrogen-bond acceptors (Lipinski definition) is 5. The molecule has 2 rings (SSSR count). The van der Waals surface area contributed by atoms with Crippen molar-refractivity contribution in [3.63, 3.8) is 0 Å². The van der Waals surface area contributed by atoms with Crippen LogP contribution in [0, 0.1) is 6.92 Å². The monoisotopic (exact) mass is 266 g/mol. The summed E-state index contributed by atoms with van der Waals surface area (Å²) in [6, 6.07) is 4.22. The molecule has 106 valence electrons. The second-order valence-electron chi connectivity index (χ2n) is 4.63. The zero-order chi connectivity index (χ0) is 13.7. The van der Waals surface area contributed by atoms with Gasteiger partial charge in [0.15, 0.2) is 0 Å². The second kappa shape index (κ2) is 6.63. The van der Waals surface area contributed by atoms with Crippen molar-refractivity contribution in [2.45, 2.75) is 13.0 Å². The zero-order valence-corrected chi connectivity index (χ0v) is 11.8. The fourth-order valence-electron chi connectivity index (χ4n) is 2.20. The molecule has 0 spiro atoms. The van der Waals surface area contributed by atoms with E-state index in [1.165, 1.54) is 0 Å². The lowest BCUT2D eigenvalue weighted by molar-refractivity contribution is 0.0806. The van der Waals surface area contributed by atoms with Crippen LogP contribution in [0.4, 0.5) is 5.69 Å². The Bertz CT molecular complexity index is 417. The molecule has 2 N–H and O–H groups in total. The van der Waals surface area contributed by atoms with Gasteiger partial charge in [0.1, 0.15) is 11.5 Å². The SMILES string of the molecule is COc1cc(C)c(NCC2COCCN2)c(OC)c1. The summed E-state index contributed by atoms with van der Waals surface area (Å²) in [7, 11) is 3.33. The summed E-state index contributed by atoms with van der Waals surface area (Å²) in [6.45, 7) is 5.29. The third-order valence-corrected chi connectivity index (χ3v) is 3.25. The first-order valence-corrected chi connectivity index (χ1v) is 6.52. The van der Waals surface area contributed by atoms with Crippen LogP contribution in [-0.2, 0) is 4.74 Å². The summed E-state index contributed by atoms with van der Waals surface area (Å²) >= 11 is 0. The predicted molar refractivity (Wildman–Crippen MR) is 75.4 cm³/mol. The average Bonchev–Trinajstić information content (AvgIpc) is 2.46. The highest BCUT2D eigenvalue weighted by Crippen LogP contribution is 2.32. The number of anilines is 1. The van der Waals surface area contributed by atoms with E-state index in [0.717, 1.165) is 49.1 Å². The Morgan fingerprint density at radius 1 is 1.37 bits per heavy atom.